The Morgan fingerprint density at radius 2 is 1.95 bits per heavy atom. The van der Waals surface area contributed by atoms with Gasteiger partial charge in [-0.1, -0.05) is 24.0 Å². The Balaban J connectivity index is 1.54. The number of halogens is 3. The van der Waals surface area contributed by atoms with Crippen LogP contribution in [0.1, 0.15) is 30.2 Å². The third kappa shape index (κ3) is 7.86. The molecule has 1 atom stereocenters. The largest absolute Gasteiger partial charge is 0.495 e. The summed E-state index contributed by atoms with van der Waals surface area (Å²) in [6.07, 6.45) is -0.607. The van der Waals surface area contributed by atoms with Crippen molar-refractivity contribution in [3.63, 3.8) is 0 Å². The van der Waals surface area contributed by atoms with E-state index in [2.05, 4.69) is 27.4 Å². The van der Waals surface area contributed by atoms with Crippen LogP contribution in [0.25, 0.3) is 10.1 Å². The van der Waals surface area contributed by atoms with Gasteiger partial charge in [0, 0.05) is 50.5 Å². The highest BCUT2D eigenvalue weighted by Crippen LogP contribution is 2.38. The molecule has 1 aromatic heterocycles. The van der Waals surface area contributed by atoms with Gasteiger partial charge < -0.3 is 25.4 Å². The molecule has 1 aliphatic rings. The van der Waals surface area contributed by atoms with Crippen molar-refractivity contribution in [2.75, 3.05) is 50.2 Å². The van der Waals surface area contributed by atoms with Gasteiger partial charge in [-0.25, -0.2) is 21.6 Å². The number of fused-ring (bicyclic) bond motifs is 1. The van der Waals surface area contributed by atoms with Crippen LogP contribution in [0, 0.1) is 17.7 Å². The van der Waals surface area contributed by atoms with Gasteiger partial charge in [-0.2, -0.15) is 0 Å². The summed E-state index contributed by atoms with van der Waals surface area (Å²) in [6, 6.07) is 8.01. The van der Waals surface area contributed by atoms with Gasteiger partial charge in [0.1, 0.15) is 16.5 Å². The van der Waals surface area contributed by atoms with E-state index in [0.717, 1.165) is 60.1 Å². The Labute approximate surface area is 242 Å². The zero-order valence-electron chi connectivity index (χ0n) is 23.1. The second-order valence-electron chi connectivity index (χ2n) is 10.2. The van der Waals surface area contributed by atoms with Gasteiger partial charge in [-0.3, -0.25) is 0 Å². The number of benzene rings is 2. The van der Waals surface area contributed by atoms with Crippen LogP contribution in [0.15, 0.2) is 35.2 Å². The number of β-amino-alcohol motifs (C(OH)–C–C–N with tert-alkyl or cyclic N) is 1. The SMILES string of the molecule is COc1cc(S(C)(=O)=O)c(F)cc1NCC#Cc1sc2c(NC3CCN(CC(C)O)CC3)cccc2c1CC(F)F. The third-order valence-corrected chi connectivity index (χ3v) is 9.18. The van der Waals surface area contributed by atoms with Crippen LogP contribution in [0.5, 0.6) is 5.75 Å². The second kappa shape index (κ2) is 13.3. The lowest BCUT2D eigenvalue weighted by molar-refractivity contribution is 0.111. The minimum Gasteiger partial charge on any atom is -0.495 e. The fourth-order valence-corrected chi connectivity index (χ4v) is 6.90. The maximum absolute atomic E-state index is 14.4. The smallest absolute Gasteiger partial charge is 0.242 e. The van der Waals surface area contributed by atoms with Gasteiger partial charge in [0.05, 0.1) is 40.7 Å². The highest BCUT2D eigenvalue weighted by Gasteiger charge is 2.22. The summed E-state index contributed by atoms with van der Waals surface area (Å²) in [4.78, 5) is 2.30. The molecule has 0 spiro atoms. The van der Waals surface area contributed by atoms with Crippen LogP contribution in [-0.4, -0.2) is 76.5 Å². The summed E-state index contributed by atoms with van der Waals surface area (Å²) in [5.41, 5.74) is 1.60. The first-order valence-electron chi connectivity index (χ1n) is 13.3. The lowest BCUT2D eigenvalue weighted by Gasteiger charge is -2.33. The molecule has 0 saturated carbocycles. The van der Waals surface area contributed by atoms with Crippen molar-refractivity contribution in [1.82, 2.24) is 4.90 Å². The number of rotatable bonds is 10. The number of piperidine rings is 1. The summed E-state index contributed by atoms with van der Waals surface area (Å²) in [6.45, 7) is 4.22. The first kappa shape index (κ1) is 31.0. The number of anilines is 2. The molecule has 0 amide bonds. The van der Waals surface area contributed by atoms with Crippen LogP contribution < -0.4 is 15.4 Å². The Morgan fingerprint density at radius 3 is 2.59 bits per heavy atom. The van der Waals surface area contributed by atoms with Crippen molar-refractivity contribution in [2.24, 2.45) is 0 Å². The average molecular weight is 610 g/mol. The van der Waals surface area contributed by atoms with Crippen molar-refractivity contribution in [1.29, 1.82) is 0 Å². The van der Waals surface area contributed by atoms with E-state index in [0.29, 0.717) is 17.0 Å². The molecule has 1 unspecified atom stereocenters. The van der Waals surface area contributed by atoms with E-state index in [9.17, 15) is 26.7 Å². The Morgan fingerprint density at radius 1 is 1.22 bits per heavy atom. The molecule has 2 aromatic carbocycles. The summed E-state index contributed by atoms with van der Waals surface area (Å²) >= 11 is 1.36. The van der Waals surface area contributed by atoms with Gasteiger partial charge in [0.2, 0.25) is 6.43 Å². The Bertz CT molecular complexity index is 1540. The minimum atomic E-state index is -3.78. The molecule has 0 radical (unpaired) electrons. The molecule has 4 rings (SSSR count). The quantitative estimate of drug-likeness (QED) is 0.280. The highest BCUT2D eigenvalue weighted by atomic mass is 32.2. The van der Waals surface area contributed by atoms with E-state index in [1.807, 2.05) is 18.2 Å². The number of likely N-dealkylation sites (tertiary alicyclic amines) is 1. The van der Waals surface area contributed by atoms with Crippen LogP contribution in [0.4, 0.5) is 24.5 Å². The predicted molar refractivity (Wildman–Crippen MR) is 158 cm³/mol. The maximum Gasteiger partial charge on any atom is 0.242 e. The van der Waals surface area contributed by atoms with E-state index in [1.54, 1.807) is 6.92 Å². The fourth-order valence-electron chi connectivity index (χ4n) is 4.99. The number of aliphatic hydroxyl groups is 1. The van der Waals surface area contributed by atoms with E-state index < -0.39 is 33.4 Å². The zero-order chi connectivity index (χ0) is 29.7. The number of thiophene rings is 1. The number of hydrogen-bond donors (Lipinski definition) is 3. The normalized spacial score (nSPS) is 15.5. The van der Waals surface area contributed by atoms with Crippen LogP contribution in [0.3, 0.4) is 0 Å². The number of nitrogens with one attached hydrogen (secondary N) is 2. The number of ether oxygens (including phenoxy) is 1. The molecule has 7 nitrogen and oxygen atoms in total. The van der Waals surface area contributed by atoms with Crippen molar-refractivity contribution >= 4 is 42.6 Å². The lowest BCUT2D eigenvalue weighted by atomic mass is 10.0. The molecule has 12 heteroatoms. The monoisotopic (exact) mass is 609 g/mol. The zero-order valence-corrected chi connectivity index (χ0v) is 24.8. The predicted octanol–water partition coefficient (Wildman–Crippen LogP) is 4.98. The van der Waals surface area contributed by atoms with Gasteiger partial charge in [-0.05, 0) is 36.8 Å². The number of aliphatic hydroxyl groups excluding tert-OH is 1. The molecule has 41 heavy (non-hydrogen) atoms. The number of sulfone groups is 1. The number of nitrogens with zero attached hydrogens (tertiary/aromatic N) is 1. The highest BCUT2D eigenvalue weighted by molar-refractivity contribution is 7.90. The van der Waals surface area contributed by atoms with Crippen LogP contribution in [-0.2, 0) is 16.3 Å². The number of methoxy groups -OCH3 is 1. The summed E-state index contributed by atoms with van der Waals surface area (Å²) in [5, 5.41) is 16.9. The average Bonchev–Trinajstić information content (AvgIpc) is 3.24. The molecule has 0 aliphatic carbocycles. The van der Waals surface area contributed by atoms with Crippen molar-refractivity contribution < 1.29 is 31.4 Å². The van der Waals surface area contributed by atoms with E-state index >= 15 is 0 Å². The van der Waals surface area contributed by atoms with Crippen molar-refractivity contribution in [3.8, 4) is 17.6 Å². The van der Waals surface area contributed by atoms with Gasteiger partial charge in [0.15, 0.2) is 9.84 Å². The van der Waals surface area contributed by atoms with Crippen LogP contribution in [0.2, 0.25) is 0 Å². The molecule has 3 N–H and O–H groups in total. The Kier molecular flexibility index (Phi) is 10.1. The van der Waals surface area contributed by atoms with E-state index in [1.165, 1.54) is 18.4 Å². The van der Waals surface area contributed by atoms with E-state index in [-0.39, 0.29) is 30.1 Å². The van der Waals surface area contributed by atoms with E-state index in [4.69, 9.17) is 4.74 Å². The first-order valence-corrected chi connectivity index (χ1v) is 16.0. The maximum atomic E-state index is 14.4. The molecule has 1 saturated heterocycles. The second-order valence-corrected chi connectivity index (χ2v) is 13.2. The molecule has 2 heterocycles. The molecular formula is C29H34F3N3O4S2. The van der Waals surface area contributed by atoms with Crippen LogP contribution >= 0.6 is 11.3 Å². The molecule has 0 bridgehead atoms. The molecule has 1 aliphatic heterocycles. The topological polar surface area (TPSA) is 90.9 Å². The summed E-state index contributed by atoms with van der Waals surface area (Å²) in [5.74, 6) is 5.15. The molecular weight excluding hydrogens is 575 g/mol. The number of alkyl halides is 2. The van der Waals surface area contributed by atoms with Gasteiger partial charge >= 0.3 is 0 Å². The van der Waals surface area contributed by atoms with Gasteiger partial charge in [0.25, 0.3) is 0 Å². The molecule has 222 valence electrons. The summed E-state index contributed by atoms with van der Waals surface area (Å²) < 4.78 is 71.2. The van der Waals surface area contributed by atoms with Crippen molar-refractivity contribution in [2.45, 2.75) is 49.7 Å². The first-order chi connectivity index (χ1) is 19.5. The van der Waals surface area contributed by atoms with Crippen molar-refractivity contribution in [3.05, 3.63) is 46.6 Å². The fraction of sp³-hybridized carbons (Fsp3) is 0.448. The number of hydrogen-bond acceptors (Lipinski definition) is 8. The Hall–Kier alpha value is -2.98. The molecule has 1 fully saturated rings. The lowest BCUT2D eigenvalue weighted by Crippen LogP contribution is -2.41. The third-order valence-electron chi connectivity index (χ3n) is 6.87. The van der Waals surface area contributed by atoms with Gasteiger partial charge in [-0.15, -0.1) is 11.3 Å². The summed E-state index contributed by atoms with van der Waals surface area (Å²) in [7, 11) is -2.44. The molecule has 3 aromatic rings. The minimum absolute atomic E-state index is 0.0481. The standard InChI is InChI=1S/C29H34F3N3O4S2/c1-18(36)17-35-12-9-19(10-13-35)34-23-7-4-6-20-21(14-28(31)32)26(40-29(20)23)8-5-11-33-24-15-22(30)27(41(3,37)38)16-25(24)39-2/h4,6-7,15-16,18-19,28,33-34,36H,9-14,17H2,1-3H3.